The van der Waals surface area contributed by atoms with Crippen LogP contribution in [0.25, 0.3) is 22.2 Å². The Morgan fingerprint density at radius 2 is 1.80 bits per heavy atom. The van der Waals surface area contributed by atoms with E-state index in [0.717, 1.165) is 15.7 Å². The van der Waals surface area contributed by atoms with Gasteiger partial charge in [0.15, 0.2) is 5.43 Å². The Bertz CT molecular complexity index is 856. The highest BCUT2D eigenvalue weighted by Crippen LogP contribution is 2.29. The monoisotopic (exact) mass is 347 g/mol. The average Bonchev–Trinajstić information content (AvgIpc) is 2.47. The second kappa shape index (κ2) is 5.08. The molecule has 4 heteroatoms. The van der Waals surface area contributed by atoms with Crippen LogP contribution in [0, 0.1) is 6.92 Å². The summed E-state index contributed by atoms with van der Waals surface area (Å²) < 4.78 is 0.751. The van der Waals surface area contributed by atoms with Crippen LogP contribution in [0.4, 0.5) is 0 Å². The molecule has 0 amide bonds. The zero-order chi connectivity index (χ0) is 14.3. The molecule has 1 aromatic heterocycles. The van der Waals surface area contributed by atoms with E-state index in [1.165, 1.54) is 0 Å². The van der Waals surface area contributed by atoms with Crippen molar-refractivity contribution in [3.63, 3.8) is 0 Å². The van der Waals surface area contributed by atoms with Gasteiger partial charge in [-0.3, -0.25) is 4.79 Å². The van der Waals surface area contributed by atoms with E-state index >= 15 is 0 Å². The number of rotatable bonds is 1. The minimum Gasteiger partial charge on any atom is -0.353 e. The normalized spacial score (nSPS) is 10.9. The summed E-state index contributed by atoms with van der Waals surface area (Å²) >= 11 is 9.64. The highest BCUT2D eigenvalue weighted by atomic mass is 79.9. The van der Waals surface area contributed by atoms with Crippen LogP contribution in [0.15, 0.2) is 51.7 Å². The maximum atomic E-state index is 12.6. The van der Waals surface area contributed by atoms with E-state index in [-0.39, 0.29) is 5.43 Å². The molecule has 0 spiro atoms. The van der Waals surface area contributed by atoms with Crippen molar-refractivity contribution in [3.05, 3.63) is 67.7 Å². The van der Waals surface area contributed by atoms with Gasteiger partial charge in [-0.15, -0.1) is 0 Å². The molecule has 0 fully saturated rings. The van der Waals surface area contributed by atoms with Crippen molar-refractivity contribution in [2.24, 2.45) is 0 Å². The largest absolute Gasteiger partial charge is 0.353 e. The summed E-state index contributed by atoms with van der Waals surface area (Å²) in [7, 11) is 0. The lowest BCUT2D eigenvalue weighted by Gasteiger charge is -2.10. The minimum atomic E-state index is -0.00743. The van der Waals surface area contributed by atoms with Crippen LogP contribution in [-0.2, 0) is 0 Å². The maximum absolute atomic E-state index is 12.6. The molecule has 100 valence electrons. The van der Waals surface area contributed by atoms with E-state index < -0.39 is 0 Å². The summed E-state index contributed by atoms with van der Waals surface area (Å²) in [5, 5.41) is 1.13. The van der Waals surface area contributed by atoms with E-state index in [4.69, 9.17) is 11.6 Å². The van der Waals surface area contributed by atoms with Crippen molar-refractivity contribution in [3.8, 4) is 11.3 Å². The fraction of sp³-hybridized carbons (Fsp3) is 0.0625. The van der Waals surface area contributed by atoms with Gasteiger partial charge in [0.1, 0.15) is 0 Å². The molecule has 0 unspecified atom stereocenters. The van der Waals surface area contributed by atoms with E-state index in [9.17, 15) is 4.79 Å². The maximum Gasteiger partial charge on any atom is 0.194 e. The second-order valence-electron chi connectivity index (χ2n) is 4.60. The third kappa shape index (κ3) is 2.07. The fourth-order valence-electron chi connectivity index (χ4n) is 2.31. The number of benzene rings is 2. The lowest BCUT2D eigenvalue weighted by molar-refractivity contribution is 1.30. The predicted octanol–water partition coefficient (Wildman–Crippen LogP) is 4.92. The molecule has 3 rings (SSSR count). The summed E-state index contributed by atoms with van der Waals surface area (Å²) in [5.74, 6) is 0. The Balaban J connectivity index is 2.46. The van der Waals surface area contributed by atoms with Gasteiger partial charge in [0.25, 0.3) is 0 Å². The number of H-pyrrole nitrogens is 1. The molecule has 0 saturated carbocycles. The molecule has 0 aliphatic rings. The highest BCUT2D eigenvalue weighted by molar-refractivity contribution is 9.10. The smallest absolute Gasteiger partial charge is 0.194 e. The molecule has 3 aromatic rings. The highest BCUT2D eigenvalue weighted by Gasteiger charge is 2.14. The Morgan fingerprint density at radius 1 is 1.10 bits per heavy atom. The minimum absolute atomic E-state index is 0.00743. The molecule has 0 bridgehead atoms. The van der Waals surface area contributed by atoms with Crippen molar-refractivity contribution in [1.82, 2.24) is 4.98 Å². The number of aromatic amines is 1. The van der Waals surface area contributed by atoms with Crippen LogP contribution in [0.3, 0.4) is 0 Å². The lowest BCUT2D eigenvalue weighted by Crippen LogP contribution is -2.10. The van der Waals surface area contributed by atoms with Crippen LogP contribution in [0.1, 0.15) is 5.56 Å². The number of nitrogens with one attached hydrogen (secondary N) is 1. The molecule has 0 radical (unpaired) electrons. The van der Waals surface area contributed by atoms with E-state index in [1.807, 2.05) is 37.3 Å². The molecule has 20 heavy (non-hydrogen) atoms. The predicted molar refractivity (Wildman–Crippen MR) is 87.5 cm³/mol. The Morgan fingerprint density at radius 3 is 2.50 bits per heavy atom. The van der Waals surface area contributed by atoms with Crippen LogP contribution in [0.5, 0.6) is 0 Å². The summed E-state index contributed by atoms with van der Waals surface area (Å²) in [6.07, 6.45) is 0. The van der Waals surface area contributed by atoms with Gasteiger partial charge in [-0.2, -0.15) is 0 Å². The molecule has 1 N–H and O–H groups in total. The van der Waals surface area contributed by atoms with Gasteiger partial charge in [0, 0.05) is 10.0 Å². The van der Waals surface area contributed by atoms with Gasteiger partial charge in [-0.25, -0.2) is 0 Å². The van der Waals surface area contributed by atoms with E-state index in [1.54, 1.807) is 12.1 Å². The van der Waals surface area contributed by atoms with Crippen molar-refractivity contribution in [2.75, 3.05) is 0 Å². The van der Waals surface area contributed by atoms with Crippen molar-refractivity contribution in [1.29, 1.82) is 0 Å². The molecular formula is C16H11BrClNO. The first-order valence-corrected chi connectivity index (χ1v) is 7.32. The SMILES string of the molecule is Cc1c(-c2ccccc2)[nH]c2c(Cl)ccc(Br)c2c1=O. The number of pyridine rings is 1. The Hall–Kier alpha value is -1.58. The summed E-state index contributed by atoms with van der Waals surface area (Å²) in [6.45, 7) is 1.83. The van der Waals surface area contributed by atoms with Crippen molar-refractivity contribution < 1.29 is 0 Å². The van der Waals surface area contributed by atoms with Crippen molar-refractivity contribution in [2.45, 2.75) is 6.92 Å². The van der Waals surface area contributed by atoms with E-state index in [2.05, 4.69) is 20.9 Å². The molecule has 0 saturated heterocycles. The summed E-state index contributed by atoms with van der Waals surface area (Å²) in [5.41, 5.74) is 3.12. The first kappa shape index (κ1) is 13.4. The van der Waals surface area contributed by atoms with Crippen molar-refractivity contribution >= 4 is 38.4 Å². The first-order valence-electron chi connectivity index (χ1n) is 6.15. The molecular weight excluding hydrogens is 338 g/mol. The van der Waals surface area contributed by atoms with Crippen LogP contribution in [0.2, 0.25) is 5.02 Å². The lowest BCUT2D eigenvalue weighted by atomic mass is 10.0. The topological polar surface area (TPSA) is 32.9 Å². The average molecular weight is 349 g/mol. The standard InChI is InChI=1S/C16H11BrClNO/c1-9-14(10-5-3-2-4-6-10)19-15-12(18)8-7-11(17)13(15)16(9)20/h2-8H,1H3,(H,19,20). The second-order valence-corrected chi connectivity index (χ2v) is 5.86. The fourth-order valence-corrected chi connectivity index (χ4v) is 3.02. The van der Waals surface area contributed by atoms with E-state index in [0.29, 0.717) is 21.5 Å². The number of aromatic nitrogens is 1. The van der Waals surface area contributed by atoms with Gasteiger partial charge in [0.05, 0.1) is 21.6 Å². The Kier molecular flexibility index (Phi) is 3.40. The van der Waals surface area contributed by atoms with Gasteiger partial charge in [-0.1, -0.05) is 41.9 Å². The molecule has 2 aromatic carbocycles. The van der Waals surface area contributed by atoms with Crippen LogP contribution >= 0.6 is 27.5 Å². The molecule has 0 aliphatic carbocycles. The molecule has 2 nitrogen and oxygen atoms in total. The number of fused-ring (bicyclic) bond motifs is 1. The number of halogens is 2. The zero-order valence-corrected chi connectivity index (χ0v) is 13.0. The molecule has 1 heterocycles. The molecule has 0 aliphatic heterocycles. The quantitative estimate of drug-likeness (QED) is 0.665. The summed E-state index contributed by atoms with van der Waals surface area (Å²) in [4.78, 5) is 15.9. The molecule has 0 atom stereocenters. The summed E-state index contributed by atoms with van der Waals surface area (Å²) in [6, 6.07) is 13.3. The third-order valence-corrected chi connectivity index (χ3v) is 4.33. The van der Waals surface area contributed by atoms with Crippen LogP contribution < -0.4 is 5.43 Å². The van der Waals surface area contributed by atoms with Gasteiger partial charge < -0.3 is 4.98 Å². The van der Waals surface area contributed by atoms with Gasteiger partial charge >= 0.3 is 0 Å². The first-order chi connectivity index (χ1) is 9.59. The Labute approximate surface area is 129 Å². The number of hydrogen-bond acceptors (Lipinski definition) is 1. The van der Waals surface area contributed by atoms with Gasteiger partial charge in [-0.05, 0) is 40.5 Å². The zero-order valence-electron chi connectivity index (χ0n) is 10.7. The number of hydrogen-bond donors (Lipinski definition) is 1. The van der Waals surface area contributed by atoms with Gasteiger partial charge in [0.2, 0.25) is 0 Å². The van der Waals surface area contributed by atoms with Crippen LogP contribution in [-0.4, -0.2) is 4.98 Å². The third-order valence-electron chi connectivity index (χ3n) is 3.36.